The smallest absolute Gasteiger partial charge is 0.176 e. The molecule has 0 saturated heterocycles. The summed E-state index contributed by atoms with van der Waals surface area (Å²) in [5, 5.41) is 0. The second kappa shape index (κ2) is 7.19. The Labute approximate surface area is 96.2 Å². The maximum Gasteiger partial charge on any atom is 0.176 e. The molecule has 4 heteroatoms. The van der Waals surface area contributed by atoms with Gasteiger partial charge in [0.25, 0.3) is 0 Å². The number of carbonyl (C=O) groups excluding carboxylic acids is 1. The van der Waals surface area contributed by atoms with Crippen LogP contribution in [0.2, 0.25) is 0 Å². The van der Waals surface area contributed by atoms with Gasteiger partial charge in [0, 0.05) is 33.4 Å². The van der Waals surface area contributed by atoms with Crippen LogP contribution in [0.25, 0.3) is 0 Å². The fourth-order valence-electron chi connectivity index (χ4n) is 1.51. The molecule has 1 heterocycles. The van der Waals surface area contributed by atoms with Gasteiger partial charge in [0.15, 0.2) is 5.78 Å². The minimum atomic E-state index is 0.102. The van der Waals surface area contributed by atoms with Crippen molar-refractivity contribution in [1.82, 2.24) is 4.57 Å². The molecule has 0 unspecified atom stereocenters. The number of hydrogen-bond acceptors (Lipinski definition) is 3. The third-order valence-electron chi connectivity index (χ3n) is 2.31. The molecule has 0 radical (unpaired) electrons. The molecule has 0 aliphatic rings. The molecule has 1 aromatic heterocycles. The van der Waals surface area contributed by atoms with Crippen molar-refractivity contribution < 1.29 is 14.3 Å². The van der Waals surface area contributed by atoms with Crippen LogP contribution in [0.1, 0.15) is 23.8 Å². The molecule has 0 aliphatic carbocycles. The van der Waals surface area contributed by atoms with Crippen molar-refractivity contribution >= 4 is 5.78 Å². The van der Waals surface area contributed by atoms with Gasteiger partial charge in [-0.1, -0.05) is 0 Å². The van der Waals surface area contributed by atoms with Gasteiger partial charge in [-0.3, -0.25) is 4.79 Å². The molecule has 0 bridgehead atoms. The van der Waals surface area contributed by atoms with Crippen LogP contribution in [-0.4, -0.2) is 37.3 Å². The Morgan fingerprint density at radius 1 is 1.38 bits per heavy atom. The van der Waals surface area contributed by atoms with E-state index >= 15 is 0 Å². The third-order valence-corrected chi connectivity index (χ3v) is 2.31. The minimum Gasteiger partial charge on any atom is -0.382 e. The first-order chi connectivity index (χ1) is 7.75. The van der Waals surface area contributed by atoms with E-state index in [0.717, 1.165) is 18.7 Å². The molecule has 16 heavy (non-hydrogen) atoms. The number of ether oxygens (including phenoxy) is 2. The highest BCUT2D eigenvalue weighted by molar-refractivity contribution is 5.92. The number of nitrogens with zero attached hydrogens (tertiary/aromatic N) is 1. The number of Topliss-reactive ketones (excluding diaryl/α,β-unsaturated/α-hetero) is 1. The number of rotatable bonds is 8. The van der Waals surface area contributed by atoms with E-state index in [1.54, 1.807) is 14.0 Å². The molecule has 0 aromatic carbocycles. The topological polar surface area (TPSA) is 40.5 Å². The first-order valence-electron chi connectivity index (χ1n) is 5.48. The molecule has 0 saturated carbocycles. The lowest BCUT2D eigenvalue weighted by Gasteiger charge is -2.07. The highest BCUT2D eigenvalue weighted by Gasteiger charge is 2.04. The lowest BCUT2D eigenvalue weighted by molar-refractivity contribution is 0.0679. The van der Waals surface area contributed by atoms with E-state index in [2.05, 4.69) is 0 Å². The molecule has 1 rings (SSSR count). The molecule has 90 valence electrons. The van der Waals surface area contributed by atoms with Gasteiger partial charge in [-0.25, -0.2) is 0 Å². The summed E-state index contributed by atoms with van der Waals surface area (Å²) in [6.45, 7) is 4.35. The number of carbonyl (C=O) groups is 1. The van der Waals surface area contributed by atoms with Crippen LogP contribution < -0.4 is 0 Å². The predicted molar refractivity (Wildman–Crippen MR) is 61.7 cm³/mol. The van der Waals surface area contributed by atoms with Crippen LogP contribution in [0.3, 0.4) is 0 Å². The number of ketones is 1. The van der Waals surface area contributed by atoms with Crippen molar-refractivity contribution in [3.05, 3.63) is 24.0 Å². The quantitative estimate of drug-likeness (QED) is 0.500. The highest BCUT2D eigenvalue weighted by Crippen LogP contribution is 2.04. The monoisotopic (exact) mass is 225 g/mol. The number of aromatic nitrogens is 1. The Morgan fingerprint density at radius 3 is 2.88 bits per heavy atom. The van der Waals surface area contributed by atoms with Crippen molar-refractivity contribution in [2.24, 2.45) is 0 Å². The molecule has 4 nitrogen and oxygen atoms in total. The average molecular weight is 225 g/mol. The van der Waals surface area contributed by atoms with E-state index in [1.165, 1.54) is 0 Å². The van der Waals surface area contributed by atoms with Crippen molar-refractivity contribution in [2.45, 2.75) is 19.9 Å². The predicted octanol–water partition coefficient (Wildman–Crippen LogP) is 1.74. The highest BCUT2D eigenvalue weighted by atomic mass is 16.5. The van der Waals surface area contributed by atoms with Gasteiger partial charge in [0.2, 0.25) is 0 Å². The molecule has 0 atom stereocenters. The normalized spacial score (nSPS) is 10.6. The van der Waals surface area contributed by atoms with Crippen LogP contribution in [0.4, 0.5) is 0 Å². The van der Waals surface area contributed by atoms with E-state index in [9.17, 15) is 4.79 Å². The number of methoxy groups -OCH3 is 1. The molecular weight excluding hydrogens is 206 g/mol. The Balaban J connectivity index is 2.21. The van der Waals surface area contributed by atoms with Crippen LogP contribution in [0.15, 0.2) is 18.3 Å². The minimum absolute atomic E-state index is 0.102. The van der Waals surface area contributed by atoms with Gasteiger partial charge in [-0.05, 0) is 18.6 Å². The van der Waals surface area contributed by atoms with E-state index in [-0.39, 0.29) is 5.78 Å². The van der Waals surface area contributed by atoms with E-state index < -0.39 is 0 Å². The first kappa shape index (κ1) is 12.9. The summed E-state index contributed by atoms with van der Waals surface area (Å²) in [4.78, 5) is 11.2. The van der Waals surface area contributed by atoms with Crippen molar-refractivity contribution in [3.8, 4) is 0 Å². The van der Waals surface area contributed by atoms with Gasteiger partial charge < -0.3 is 14.0 Å². The van der Waals surface area contributed by atoms with Gasteiger partial charge in [0.1, 0.15) is 0 Å². The molecule has 0 aliphatic heterocycles. The van der Waals surface area contributed by atoms with Crippen LogP contribution in [0.5, 0.6) is 0 Å². The maximum atomic E-state index is 11.2. The largest absolute Gasteiger partial charge is 0.382 e. The molecule has 0 amide bonds. The van der Waals surface area contributed by atoms with Gasteiger partial charge in [-0.2, -0.15) is 0 Å². The fourth-order valence-corrected chi connectivity index (χ4v) is 1.51. The summed E-state index contributed by atoms with van der Waals surface area (Å²) >= 11 is 0. The summed E-state index contributed by atoms with van der Waals surface area (Å²) in [7, 11) is 1.66. The zero-order valence-corrected chi connectivity index (χ0v) is 9.94. The lowest BCUT2D eigenvalue weighted by atomic mass is 10.3. The summed E-state index contributed by atoms with van der Waals surface area (Å²) in [6.07, 6.45) is 2.82. The number of hydrogen-bond donors (Lipinski definition) is 0. The van der Waals surface area contributed by atoms with Gasteiger partial charge >= 0.3 is 0 Å². The average Bonchev–Trinajstić information content (AvgIpc) is 2.71. The summed E-state index contributed by atoms with van der Waals surface area (Å²) in [5.74, 6) is 0.102. The molecule has 0 N–H and O–H groups in total. The summed E-state index contributed by atoms with van der Waals surface area (Å²) < 4.78 is 12.2. The lowest BCUT2D eigenvalue weighted by Crippen LogP contribution is -2.09. The third kappa shape index (κ3) is 4.16. The standard InChI is InChI=1S/C12H19NO3/c1-11(14)12-5-3-6-13(12)7-4-8-16-10-9-15-2/h3,5-6H,4,7-10H2,1-2H3. The Bertz CT molecular complexity index is 320. The van der Waals surface area contributed by atoms with E-state index in [4.69, 9.17) is 9.47 Å². The maximum absolute atomic E-state index is 11.2. The Hall–Kier alpha value is -1.13. The second-order valence-corrected chi connectivity index (χ2v) is 3.60. The molecule has 0 spiro atoms. The molecule has 1 aromatic rings. The van der Waals surface area contributed by atoms with Gasteiger partial charge in [-0.15, -0.1) is 0 Å². The second-order valence-electron chi connectivity index (χ2n) is 3.60. The van der Waals surface area contributed by atoms with Crippen LogP contribution in [-0.2, 0) is 16.0 Å². The fraction of sp³-hybridized carbons (Fsp3) is 0.583. The van der Waals surface area contributed by atoms with E-state index in [1.807, 2.05) is 22.9 Å². The van der Waals surface area contributed by atoms with E-state index in [0.29, 0.717) is 19.8 Å². The number of aryl methyl sites for hydroxylation is 1. The van der Waals surface area contributed by atoms with Crippen LogP contribution >= 0.6 is 0 Å². The first-order valence-corrected chi connectivity index (χ1v) is 5.48. The van der Waals surface area contributed by atoms with Crippen molar-refractivity contribution in [3.63, 3.8) is 0 Å². The van der Waals surface area contributed by atoms with Gasteiger partial charge in [0.05, 0.1) is 18.9 Å². The summed E-state index contributed by atoms with van der Waals surface area (Å²) in [5.41, 5.74) is 0.761. The molecule has 0 fully saturated rings. The summed E-state index contributed by atoms with van der Waals surface area (Å²) in [6, 6.07) is 3.73. The van der Waals surface area contributed by atoms with Crippen molar-refractivity contribution in [1.29, 1.82) is 0 Å². The zero-order valence-electron chi connectivity index (χ0n) is 9.94. The van der Waals surface area contributed by atoms with Crippen molar-refractivity contribution in [2.75, 3.05) is 26.9 Å². The SMILES string of the molecule is COCCOCCCn1cccc1C(C)=O. The Morgan fingerprint density at radius 2 is 2.19 bits per heavy atom. The van der Waals surface area contributed by atoms with Crippen LogP contribution in [0, 0.1) is 0 Å². The zero-order chi connectivity index (χ0) is 11.8. The Kier molecular flexibility index (Phi) is 5.82. The molecular formula is C12H19NO3.